The quantitative estimate of drug-likeness (QED) is 0.481. The van der Waals surface area contributed by atoms with Gasteiger partial charge in [-0.25, -0.2) is 0 Å². The zero-order valence-corrected chi connectivity index (χ0v) is 16.0. The van der Waals surface area contributed by atoms with Crippen LogP contribution in [0.1, 0.15) is 28.9 Å². The molecule has 0 atom stereocenters. The van der Waals surface area contributed by atoms with Crippen LogP contribution in [-0.2, 0) is 12.8 Å². The Morgan fingerprint density at radius 1 is 1.07 bits per heavy atom. The van der Waals surface area contributed by atoms with Crippen molar-refractivity contribution in [3.05, 3.63) is 60.0 Å². The Kier molecular flexibility index (Phi) is 4.44. The van der Waals surface area contributed by atoms with Gasteiger partial charge in [-0.15, -0.1) is 10.2 Å². The number of pyridine rings is 1. The van der Waals surface area contributed by atoms with Gasteiger partial charge in [-0.3, -0.25) is 14.3 Å². The molecule has 0 bridgehead atoms. The number of carbonyl (C=O) groups is 1. The fourth-order valence-electron chi connectivity index (χ4n) is 3.85. The first kappa shape index (κ1) is 17.2. The van der Waals surface area contributed by atoms with Crippen LogP contribution in [0, 0.1) is 0 Å². The summed E-state index contributed by atoms with van der Waals surface area (Å²) < 4.78 is 7.59. The van der Waals surface area contributed by atoms with Gasteiger partial charge in [-0.2, -0.15) is 0 Å². The number of para-hydroxylation sites is 1. The van der Waals surface area contributed by atoms with Crippen molar-refractivity contribution in [2.24, 2.45) is 0 Å². The summed E-state index contributed by atoms with van der Waals surface area (Å²) in [4.78, 5) is 17.1. The average Bonchev–Trinajstić information content (AvgIpc) is 3.36. The normalized spacial score (nSPS) is 13.6. The lowest BCUT2D eigenvalue weighted by Gasteiger charge is -2.14. The van der Waals surface area contributed by atoms with E-state index < -0.39 is 0 Å². The van der Waals surface area contributed by atoms with Gasteiger partial charge >= 0.3 is 0 Å². The van der Waals surface area contributed by atoms with Gasteiger partial charge < -0.3 is 4.42 Å². The van der Waals surface area contributed by atoms with E-state index in [-0.39, 0.29) is 11.7 Å². The second-order valence-electron chi connectivity index (χ2n) is 6.78. The van der Waals surface area contributed by atoms with Crippen LogP contribution in [0.25, 0.3) is 22.4 Å². The second kappa shape index (κ2) is 7.24. The molecule has 5 rings (SSSR count). The van der Waals surface area contributed by atoms with Gasteiger partial charge in [0.05, 0.1) is 11.3 Å². The highest BCUT2D eigenvalue weighted by molar-refractivity contribution is 7.99. The Labute approximate surface area is 166 Å². The van der Waals surface area contributed by atoms with Crippen molar-refractivity contribution in [3.8, 4) is 11.5 Å². The molecule has 1 aliphatic carbocycles. The van der Waals surface area contributed by atoms with Crippen LogP contribution in [0.5, 0.6) is 0 Å². The largest absolute Gasteiger partial charge is 0.411 e. The minimum absolute atomic E-state index is 0.0491. The van der Waals surface area contributed by atoms with E-state index in [1.807, 2.05) is 34.9 Å². The average molecular weight is 390 g/mol. The molecule has 0 saturated heterocycles. The number of rotatable bonds is 4. The standard InChI is InChI=1S/C21H18N4O2S/c26-19(13-28-21-24-23-20(27-21)14-9-11-22-12-10-14)25-17-7-3-1-5-15(17)16-6-2-4-8-18(16)25/h1,3,5,7,9-12H,2,4,6,8,13H2. The smallest absolute Gasteiger partial charge is 0.277 e. The van der Waals surface area contributed by atoms with Gasteiger partial charge in [0.25, 0.3) is 5.22 Å². The highest BCUT2D eigenvalue weighted by atomic mass is 32.2. The third-order valence-corrected chi connectivity index (χ3v) is 5.88. The SMILES string of the molecule is O=C(CSc1nnc(-c2ccncc2)o1)n1c2c(c3ccccc31)CCCC2. The molecule has 3 heterocycles. The summed E-state index contributed by atoms with van der Waals surface area (Å²) in [6.07, 6.45) is 7.66. The molecule has 0 unspecified atom stereocenters. The van der Waals surface area contributed by atoms with Crippen molar-refractivity contribution in [1.82, 2.24) is 19.7 Å². The van der Waals surface area contributed by atoms with Gasteiger partial charge in [0.15, 0.2) is 0 Å². The van der Waals surface area contributed by atoms with Gasteiger partial charge in [-0.05, 0) is 49.4 Å². The Morgan fingerprint density at radius 2 is 1.89 bits per heavy atom. The van der Waals surface area contributed by atoms with Gasteiger partial charge in [0.1, 0.15) is 0 Å². The maximum Gasteiger partial charge on any atom is 0.277 e. The van der Waals surface area contributed by atoms with E-state index in [1.54, 1.807) is 12.4 Å². The summed E-state index contributed by atoms with van der Waals surface area (Å²) in [5.41, 5.74) is 4.31. The number of nitrogens with zero attached hydrogens (tertiary/aromatic N) is 4. The van der Waals surface area contributed by atoms with Crippen LogP contribution in [0.2, 0.25) is 0 Å². The molecular formula is C21H18N4O2S. The molecule has 0 saturated carbocycles. The first-order valence-electron chi connectivity index (χ1n) is 9.32. The van der Waals surface area contributed by atoms with Crippen molar-refractivity contribution in [3.63, 3.8) is 0 Å². The van der Waals surface area contributed by atoms with Crippen molar-refractivity contribution in [2.45, 2.75) is 30.9 Å². The lowest BCUT2D eigenvalue weighted by molar-refractivity contribution is 0.0943. The topological polar surface area (TPSA) is 73.8 Å². The molecule has 28 heavy (non-hydrogen) atoms. The lowest BCUT2D eigenvalue weighted by atomic mass is 9.96. The predicted molar refractivity (Wildman–Crippen MR) is 107 cm³/mol. The molecule has 1 aromatic carbocycles. The van der Waals surface area contributed by atoms with Crippen LogP contribution in [-0.4, -0.2) is 31.4 Å². The molecular weight excluding hydrogens is 372 g/mol. The van der Waals surface area contributed by atoms with Crippen LogP contribution in [0.3, 0.4) is 0 Å². The van der Waals surface area contributed by atoms with Crippen molar-refractivity contribution in [2.75, 3.05) is 5.75 Å². The molecule has 7 heteroatoms. The molecule has 0 aliphatic heterocycles. The fourth-order valence-corrected chi connectivity index (χ4v) is 4.46. The fraction of sp³-hybridized carbons (Fsp3) is 0.238. The Hall–Kier alpha value is -2.93. The maximum atomic E-state index is 13.1. The van der Waals surface area contributed by atoms with Crippen LogP contribution >= 0.6 is 11.8 Å². The number of thioether (sulfide) groups is 1. The third-order valence-electron chi connectivity index (χ3n) is 5.08. The highest BCUT2D eigenvalue weighted by Crippen LogP contribution is 2.32. The van der Waals surface area contributed by atoms with Crippen molar-refractivity contribution >= 4 is 28.6 Å². The van der Waals surface area contributed by atoms with Crippen LogP contribution in [0.4, 0.5) is 0 Å². The Morgan fingerprint density at radius 3 is 2.79 bits per heavy atom. The number of benzene rings is 1. The van der Waals surface area contributed by atoms with Gasteiger partial charge in [0.2, 0.25) is 11.8 Å². The molecule has 0 N–H and O–H groups in total. The van der Waals surface area contributed by atoms with E-state index in [2.05, 4.69) is 21.2 Å². The molecule has 1 aliphatic rings. The summed E-state index contributed by atoms with van der Waals surface area (Å²) in [6.45, 7) is 0. The zero-order chi connectivity index (χ0) is 18.9. The van der Waals surface area contributed by atoms with E-state index in [1.165, 1.54) is 34.8 Å². The molecule has 0 spiro atoms. The van der Waals surface area contributed by atoms with E-state index in [0.29, 0.717) is 11.1 Å². The predicted octanol–water partition coefficient (Wildman–Crippen LogP) is 4.40. The minimum atomic E-state index is 0.0491. The van der Waals surface area contributed by atoms with E-state index in [4.69, 9.17) is 4.42 Å². The summed E-state index contributed by atoms with van der Waals surface area (Å²) in [6, 6.07) is 11.8. The third kappa shape index (κ3) is 3.01. The first-order valence-corrected chi connectivity index (χ1v) is 10.3. The molecule has 140 valence electrons. The molecule has 6 nitrogen and oxygen atoms in total. The van der Waals surface area contributed by atoms with Crippen molar-refractivity contribution < 1.29 is 9.21 Å². The number of hydrogen-bond donors (Lipinski definition) is 0. The minimum Gasteiger partial charge on any atom is -0.411 e. The van der Waals surface area contributed by atoms with E-state index in [9.17, 15) is 4.79 Å². The molecule has 0 fully saturated rings. The van der Waals surface area contributed by atoms with Crippen LogP contribution < -0.4 is 0 Å². The van der Waals surface area contributed by atoms with Gasteiger partial charge in [0, 0.05) is 29.0 Å². The number of hydrogen-bond acceptors (Lipinski definition) is 6. The Balaban J connectivity index is 1.39. The Bertz CT molecular complexity index is 1150. The molecule has 4 aromatic rings. The van der Waals surface area contributed by atoms with Crippen molar-refractivity contribution in [1.29, 1.82) is 0 Å². The number of fused-ring (bicyclic) bond motifs is 3. The molecule has 0 radical (unpaired) electrons. The summed E-state index contributed by atoms with van der Waals surface area (Å²) in [5.74, 6) is 0.734. The molecule has 3 aromatic heterocycles. The van der Waals surface area contributed by atoms with Gasteiger partial charge in [-0.1, -0.05) is 30.0 Å². The maximum absolute atomic E-state index is 13.1. The second-order valence-corrected chi connectivity index (χ2v) is 7.70. The van der Waals surface area contributed by atoms with Crippen LogP contribution in [0.15, 0.2) is 58.4 Å². The lowest BCUT2D eigenvalue weighted by Crippen LogP contribution is -2.18. The first-order chi connectivity index (χ1) is 13.8. The summed E-state index contributed by atoms with van der Waals surface area (Å²) >= 11 is 1.28. The summed E-state index contributed by atoms with van der Waals surface area (Å²) in [5, 5.41) is 9.72. The van der Waals surface area contributed by atoms with E-state index >= 15 is 0 Å². The number of aromatic nitrogens is 4. The highest BCUT2D eigenvalue weighted by Gasteiger charge is 2.23. The summed E-state index contributed by atoms with van der Waals surface area (Å²) in [7, 11) is 0. The number of carbonyl (C=O) groups excluding carboxylic acids is 1. The van der Waals surface area contributed by atoms with E-state index in [0.717, 1.165) is 30.3 Å². The number of aryl methyl sites for hydroxylation is 1. The monoisotopic (exact) mass is 390 g/mol. The zero-order valence-electron chi connectivity index (χ0n) is 15.2. The molecule has 0 amide bonds.